The number of carboxylic acids is 3. The molecule has 0 radical (unpaired) electrons. The van der Waals surface area contributed by atoms with Gasteiger partial charge in [0.25, 0.3) is 18.2 Å². The number of nitrogens with one attached hydrogen (secondary N) is 7. The molecule has 3 heterocycles. The van der Waals surface area contributed by atoms with Crippen LogP contribution in [0.5, 0.6) is 11.5 Å². The van der Waals surface area contributed by atoms with Crippen molar-refractivity contribution in [2.45, 2.75) is 82.8 Å². The average molecular weight is 1440 g/mol. The first-order valence-corrected chi connectivity index (χ1v) is 35.1. The molecule has 0 spiro atoms. The molecule has 3 aromatic carbocycles. The summed E-state index contributed by atoms with van der Waals surface area (Å²) in [4.78, 5) is 103. The monoisotopic (exact) mass is 1440 g/mol. The number of anilines is 1. The van der Waals surface area contributed by atoms with Gasteiger partial charge in [-0.1, -0.05) is 28.4 Å². The molecule has 1 fully saturated rings. The molecule has 0 aliphatic carbocycles. The van der Waals surface area contributed by atoms with Gasteiger partial charge in [-0.3, -0.25) is 52.9 Å². The van der Waals surface area contributed by atoms with Crippen LogP contribution in [0.25, 0.3) is 10.9 Å². The van der Waals surface area contributed by atoms with Crippen molar-refractivity contribution in [2.75, 3.05) is 156 Å². The molecule has 2 atom stereocenters. The zero-order valence-electron chi connectivity index (χ0n) is 56.6. The Morgan fingerprint density at radius 2 is 1.28 bits per heavy atom. The zero-order chi connectivity index (χ0) is 72.1. The fraction of sp³-hybridized carbons (Fsp3) is 0.547. The Morgan fingerprint density at radius 3 is 1.87 bits per heavy atom. The number of rotatable bonds is 46. The number of amides is 4. The van der Waals surface area contributed by atoms with Gasteiger partial charge in [0.15, 0.2) is 5.95 Å². The number of sulfonamides is 1. The molecular weight excluding hydrogens is 1350 g/mol. The third-order valence-electron chi connectivity index (χ3n) is 15.8. The Kier molecular flexibility index (Phi) is 35.7. The second-order valence-corrected chi connectivity index (χ2v) is 25.5. The number of benzene rings is 3. The van der Waals surface area contributed by atoms with Gasteiger partial charge in [-0.25, -0.2) is 18.7 Å². The van der Waals surface area contributed by atoms with E-state index in [0.29, 0.717) is 189 Å². The van der Waals surface area contributed by atoms with E-state index in [1.54, 1.807) is 84.7 Å². The number of aryl methyl sites for hydroxylation is 3. The largest absolute Gasteiger partial charge is 0.494 e. The lowest BCUT2D eigenvalue weighted by Crippen LogP contribution is -2.52. The quantitative estimate of drug-likeness (QED) is 0.0114. The second kappa shape index (κ2) is 44.2. The van der Waals surface area contributed by atoms with Gasteiger partial charge in [0.2, 0.25) is 27.7 Å². The summed E-state index contributed by atoms with van der Waals surface area (Å²) in [7, 11) is -4.40. The van der Waals surface area contributed by atoms with Gasteiger partial charge in [-0.2, -0.15) is 9.82 Å². The fourth-order valence-electron chi connectivity index (χ4n) is 10.7. The molecule has 1 aliphatic heterocycles. The molecule has 11 N–H and O–H groups in total. The molecule has 0 bridgehead atoms. The summed E-state index contributed by atoms with van der Waals surface area (Å²) in [5.74, 6) is -3.70. The van der Waals surface area contributed by atoms with Crippen LogP contribution in [0.1, 0.15) is 66.1 Å². The van der Waals surface area contributed by atoms with E-state index in [4.69, 9.17) is 28.4 Å². The van der Waals surface area contributed by atoms with Crippen LogP contribution in [0, 0.1) is 13.8 Å². The number of H-pyrrole nitrogens is 1. The lowest BCUT2D eigenvalue weighted by molar-refractivity contribution is -0.433. The summed E-state index contributed by atoms with van der Waals surface area (Å²) in [6.07, 6.45) is 7.46. The number of imidazole rings is 1. The molecule has 6 rings (SSSR count). The van der Waals surface area contributed by atoms with Crippen LogP contribution in [-0.2, 0) is 75.3 Å². The molecule has 100 heavy (non-hydrogen) atoms. The standard InChI is InChI=1S/C64H94N14O20S2/c1-4-74-22-24-75(26-27-77(45-59(83)84)29-28-76(25-23-74)44-58(81)82)43-57(80)72-53(39-48-10-13-51(14-11-48)96-99-98-97-89)62(86)66-18-8-31-93-34-36-94-35-33-92-30-7-17-65-56(79)9-5-32-95-52-37-46(2)60(47(3)38-52)100(90,91)73-54(63(87)88)42-70-61(85)49-12-15-55-50(40-49)41-71-78(55)21-6-16-67-64-68-19-20-69-64/h10-15,19-20,37-38,40-41,53-54,73,89H,4-9,16-18,21-36,39,42-45H2,1-3H3,(H,65,79)(H,66,86)(H,70,85)(H,72,80)(H,81,82)(H,83,84)(H,87,88)(H2,67,68,69)/t53-,54+/m1/s1. The maximum Gasteiger partial charge on any atom is 0.323 e. The minimum atomic E-state index is -4.40. The molecule has 552 valence electrons. The van der Waals surface area contributed by atoms with Crippen LogP contribution in [0.4, 0.5) is 5.95 Å². The first-order chi connectivity index (χ1) is 48.2. The number of carbonyl (C=O) groups excluding carboxylic acids is 4. The number of hydrogen-bond donors (Lipinski definition) is 11. The van der Waals surface area contributed by atoms with E-state index in [9.17, 15) is 57.3 Å². The zero-order valence-corrected chi connectivity index (χ0v) is 58.2. The van der Waals surface area contributed by atoms with E-state index < -0.39 is 64.3 Å². The topological polar surface area (TPSA) is 431 Å². The first-order valence-electron chi connectivity index (χ1n) is 33.0. The van der Waals surface area contributed by atoms with Crippen molar-refractivity contribution in [1.82, 2.24) is 65.3 Å². The van der Waals surface area contributed by atoms with Gasteiger partial charge in [0.05, 0.1) is 69.3 Å². The van der Waals surface area contributed by atoms with Gasteiger partial charge >= 0.3 is 17.9 Å². The molecule has 0 unspecified atom stereocenters. The molecule has 5 aromatic rings. The number of likely N-dealkylation sites (N-methyl/N-ethyl adjacent to an activating group) is 1. The van der Waals surface area contributed by atoms with E-state index in [2.05, 4.69) is 60.6 Å². The summed E-state index contributed by atoms with van der Waals surface area (Å²) in [5.41, 5.74) is 2.34. The number of aromatic nitrogens is 4. The van der Waals surface area contributed by atoms with Crippen molar-refractivity contribution in [3.8, 4) is 11.5 Å². The highest BCUT2D eigenvalue weighted by Crippen LogP contribution is 2.27. The van der Waals surface area contributed by atoms with Gasteiger partial charge < -0.3 is 74.9 Å². The van der Waals surface area contributed by atoms with Gasteiger partial charge in [-0.05, 0) is 105 Å². The number of nitrogens with zero attached hydrogens (tertiary/aromatic N) is 7. The SMILES string of the molecule is CCN1CCN(CC(=O)O)CCN(CC(=O)O)CCN(CC(=O)N[C@H](Cc2ccc(OSOOO)cc2)C(=O)NCCCOCCOCCOCCCNC(=O)CCCOc2cc(C)c(S(=O)(=O)N[C@@H](CNC(=O)c3ccc4c(cnn4CCCNc4ncc[nH]4)c3)C(=O)O)c(C)c2)CC1. The Hall–Kier alpha value is -8.11. The minimum Gasteiger partial charge on any atom is -0.494 e. The molecule has 1 aliphatic rings. The van der Waals surface area contributed by atoms with Crippen LogP contribution < -0.4 is 40.2 Å². The van der Waals surface area contributed by atoms with E-state index in [0.717, 1.165) is 11.9 Å². The van der Waals surface area contributed by atoms with E-state index >= 15 is 0 Å². The Balaban J connectivity index is 0.816. The van der Waals surface area contributed by atoms with Crippen LogP contribution in [0.2, 0.25) is 0 Å². The molecule has 34 nitrogen and oxygen atoms in total. The van der Waals surface area contributed by atoms with Crippen LogP contribution in [-0.4, -0.2) is 273 Å². The third kappa shape index (κ3) is 30.0. The molecule has 0 saturated carbocycles. The van der Waals surface area contributed by atoms with Crippen molar-refractivity contribution >= 4 is 80.7 Å². The lowest BCUT2D eigenvalue weighted by atomic mass is 10.0. The van der Waals surface area contributed by atoms with E-state index in [1.807, 2.05) is 16.5 Å². The summed E-state index contributed by atoms with van der Waals surface area (Å²) in [6.45, 7) is 12.2. The summed E-state index contributed by atoms with van der Waals surface area (Å²) >= 11 is 0.386. The Labute approximate surface area is 584 Å². The molecular formula is C64H94N14O20S2. The van der Waals surface area contributed by atoms with Gasteiger partial charge in [0.1, 0.15) is 23.6 Å². The molecule has 36 heteroatoms. The number of fused-ring (bicyclic) bond motifs is 1. The van der Waals surface area contributed by atoms with Crippen LogP contribution in [0.15, 0.2) is 78.1 Å². The number of aliphatic carboxylic acids is 3. The number of carboxylic acid groups (broad SMARTS) is 3. The van der Waals surface area contributed by atoms with Crippen molar-refractivity contribution < 1.29 is 95.1 Å². The normalized spacial score (nSPS) is 14.5. The lowest BCUT2D eigenvalue weighted by Gasteiger charge is -2.33. The smallest absolute Gasteiger partial charge is 0.323 e. The number of aromatic amines is 1. The minimum absolute atomic E-state index is 0.0733. The van der Waals surface area contributed by atoms with Crippen molar-refractivity contribution in [3.05, 3.63) is 95.4 Å². The highest BCUT2D eigenvalue weighted by molar-refractivity contribution is 7.90. The van der Waals surface area contributed by atoms with Crippen LogP contribution in [0.3, 0.4) is 0 Å². The number of ether oxygens (including phenoxy) is 4. The highest BCUT2D eigenvalue weighted by atomic mass is 32.2. The molecule has 1 saturated heterocycles. The van der Waals surface area contributed by atoms with Crippen molar-refractivity contribution in [2.24, 2.45) is 0 Å². The maximum absolute atomic E-state index is 13.8. The number of hydrogen-bond acceptors (Lipinski definition) is 25. The van der Waals surface area contributed by atoms with Crippen molar-refractivity contribution in [1.29, 1.82) is 0 Å². The molecule has 4 amide bonds. The third-order valence-corrected chi connectivity index (χ3v) is 17.9. The van der Waals surface area contributed by atoms with Gasteiger partial charge in [0, 0.05) is 134 Å². The van der Waals surface area contributed by atoms with Crippen LogP contribution >= 0.6 is 12.3 Å². The summed E-state index contributed by atoms with van der Waals surface area (Å²) < 4.78 is 63.6. The van der Waals surface area contributed by atoms with Gasteiger partial charge in [-0.15, -0.1) is 0 Å². The predicted molar refractivity (Wildman–Crippen MR) is 366 cm³/mol. The highest BCUT2D eigenvalue weighted by Gasteiger charge is 2.30. The van der Waals surface area contributed by atoms with Crippen molar-refractivity contribution in [3.63, 3.8) is 0 Å². The Bertz CT molecular complexity index is 3440. The van der Waals surface area contributed by atoms with E-state index in [1.165, 1.54) is 12.1 Å². The summed E-state index contributed by atoms with van der Waals surface area (Å²) in [6, 6.07) is 12.0. The average Bonchev–Trinajstić information content (AvgIpc) is 1.50. The predicted octanol–water partition coefficient (Wildman–Crippen LogP) is 1.76. The number of carbonyl (C=O) groups is 7. The van der Waals surface area contributed by atoms with E-state index in [-0.39, 0.29) is 62.0 Å². The summed E-state index contributed by atoms with van der Waals surface area (Å²) in [5, 5.41) is 60.5. The molecule has 2 aromatic heterocycles. The first kappa shape index (κ1) is 80.9. The Morgan fingerprint density at radius 1 is 0.670 bits per heavy atom. The maximum atomic E-state index is 13.8. The second-order valence-electron chi connectivity index (χ2n) is 23.4. The fourth-order valence-corrected chi connectivity index (χ4v) is 12.6.